The lowest BCUT2D eigenvalue weighted by Crippen LogP contribution is -1.93. The van der Waals surface area contributed by atoms with Crippen molar-refractivity contribution in [1.82, 2.24) is 0 Å². The molecular weight excluding hydrogens is 474 g/mol. The Bertz CT molecular complexity index is 715. The van der Waals surface area contributed by atoms with Gasteiger partial charge >= 0.3 is 16.4 Å². The highest BCUT2D eigenvalue weighted by Gasteiger charge is 2.12. The molecule has 7 nitrogen and oxygen atoms in total. The van der Waals surface area contributed by atoms with Crippen LogP contribution in [0.15, 0.2) is 60.7 Å². The first-order valence-electron chi connectivity index (χ1n) is 12.1. The fraction of sp³-hybridized carbons (Fsp3) is 0.520. The van der Waals surface area contributed by atoms with Crippen LogP contribution >= 0.6 is 16.4 Å². The molecule has 0 saturated heterocycles. The molecule has 0 aromatic heterocycles. The van der Waals surface area contributed by atoms with Crippen LogP contribution in [0.2, 0.25) is 0 Å². The van der Waals surface area contributed by atoms with Crippen molar-refractivity contribution in [3.05, 3.63) is 60.7 Å². The average Bonchev–Trinajstić information content (AvgIpc) is 2.81. The first kappa shape index (κ1) is 30.6. The molecule has 0 aliphatic carbocycles. The van der Waals surface area contributed by atoms with Crippen molar-refractivity contribution >= 4 is 16.4 Å². The summed E-state index contributed by atoms with van der Waals surface area (Å²) in [5.74, 6) is 1.18. The average molecular weight is 515 g/mol. The van der Waals surface area contributed by atoms with E-state index in [1.165, 1.54) is 51.4 Å². The van der Waals surface area contributed by atoms with Crippen molar-refractivity contribution < 1.29 is 32.8 Å². The molecule has 0 aliphatic rings. The summed E-state index contributed by atoms with van der Waals surface area (Å²) < 4.78 is 25.2. The van der Waals surface area contributed by atoms with Crippen molar-refractivity contribution in [3.63, 3.8) is 0 Å². The standard InChI is InChI=1S/C13H29O4P.C12H11O3P/c1-2-3-4-5-6-7-8-9-10-11-12-13-17-18(14,15)16;13-16(14-11-7-3-1-4-8-11)15-12-9-5-2-6-10-12/h2-13H2,1H3,(H2,14,15,16);1-10,13H. The molecule has 0 fully saturated rings. The second-order valence-corrected chi connectivity index (χ2v) is 9.99. The van der Waals surface area contributed by atoms with Crippen molar-refractivity contribution in [1.29, 1.82) is 0 Å². The zero-order valence-electron chi connectivity index (χ0n) is 20.1. The molecule has 3 N–H and O–H groups in total. The Balaban J connectivity index is 0.000000341. The Kier molecular flexibility index (Phi) is 17.8. The third-order valence-corrected chi connectivity index (χ3v) is 6.11. The van der Waals surface area contributed by atoms with Gasteiger partial charge < -0.3 is 23.7 Å². The molecule has 34 heavy (non-hydrogen) atoms. The molecule has 0 aliphatic heterocycles. The van der Waals surface area contributed by atoms with Gasteiger partial charge in [0, 0.05) is 0 Å². The van der Waals surface area contributed by atoms with Gasteiger partial charge in [-0.25, -0.2) is 4.57 Å². The van der Waals surface area contributed by atoms with E-state index in [2.05, 4.69) is 11.4 Å². The summed E-state index contributed by atoms with van der Waals surface area (Å²) in [6.45, 7) is 2.40. The molecule has 9 heteroatoms. The number of para-hydroxylation sites is 2. The molecular formula is C25H40O7P2. The first-order chi connectivity index (χ1) is 16.4. The summed E-state index contributed by atoms with van der Waals surface area (Å²) in [4.78, 5) is 26.5. The van der Waals surface area contributed by atoms with E-state index in [9.17, 15) is 9.46 Å². The predicted molar refractivity (Wildman–Crippen MR) is 138 cm³/mol. The van der Waals surface area contributed by atoms with Gasteiger partial charge in [0.15, 0.2) is 0 Å². The van der Waals surface area contributed by atoms with Crippen LogP contribution in [0.25, 0.3) is 0 Å². The van der Waals surface area contributed by atoms with E-state index >= 15 is 0 Å². The SMILES string of the molecule is CCCCCCCCCCCCCOP(=O)(O)O.OP(Oc1ccccc1)Oc1ccccc1. The molecule has 2 rings (SSSR count). The zero-order valence-corrected chi connectivity index (χ0v) is 21.9. The normalized spacial score (nSPS) is 11.1. The van der Waals surface area contributed by atoms with E-state index in [1.54, 1.807) is 24.3 Å². The number of benzene rings is 2. The van der Waals surface area contributed by atoms with Gasteiger partial charge in [-0.15, -0.1) is 0 Å². The minimum Gasteiger partial charge on any atom is -0.418 e. The van der Waals surface area contributed by atoms with Gasteiger partial charge in [0.2, 0.25) is 0 Å². The van der Waals surface area contributed by atoms with Crippen molar-refractivity contribution in [2.75, 3.05) is 6.61 Å². The minimum absolute atomic E-state index is 0.168. The second-order valence-electron chi connectivity index (χ2n) is 7.91. The van der Waals surface area contributed by atoms with E-state index in [0.717, 1.165) is 19.3 Å². The number of rotatable bonds is 17. The van der Waals surface area contributed by atoms with E-state index < -0.39 is 16.4 Å². The molecule has 0 bridgehead atoms. The summed E-state index contributed by atoms with van der Waals surface area (Å²) in [6.07, 6.45) is 13.5. The third kappa shape index (κ3) is 18.9. The zero-order chi connectivity index (χ0) is 24.9. The van der Waals surface area contributed by atoms with Gasteiger partial charge in [0.05, 0.1) is 6.61 Å². The van der Waals surface area contributed by atoms with E-state index in [1.807, 2.05) is 36.4 Å². The second kappa shape index (κ2) is 19.8. The fourth-order valence-corrected chi connectivity index (χ4v) is 4.12. The number of phosphoric acid groups is 1. The van der Waals surface area contributed by atoms with Crippen LogP contribution in [0.3, 0.4) is 0 Å². The molecule has 192 valence electrons. The molecule has 2 aromatic rings. The fourth-order valence-electron chi connectivity index (χ4n) is 3.11. The summed E-state index contributed by atoms with van der Waals surface area (Å²) in [7, 11) is -6.18. The number of hydrogen-bond donors (Lipinski definition) is 3. The summed E-state index contributed by atoms with van der Waals surface area (Å²) >= 11 is 0. The summed E-state index contributed by atoms with van der Waals surface area (Å²) in [5, 5.41) is 0. The smallest absolute Gasteiger partial charge is 0.418 e. The van der Waals surface area contributed by atoms with Crippen LogP contribution in [-0.2, 0) is 9.09 Å². The molecule has 0 saturated carbocycles. The molecule has 0 atom stereocenters. The Labute approximate surface area is 205 Å². The van der Waals surface area contributed by atoms with Crippen molar-refractivity contribution in [2.45, 2.75) is 77.6 Å². The molecule has 2 aromatic carbocycles. The van der Waals surface area contributed by atoms with Crippen LogP contribution in [0.4, 0.5) is 0 Å². The van der Waals surface area contributed by atoms with Gasteiger partial charge in [0.25, 0.3) is 0 Å². The molecule has 0 amide bonds. The lowest BCUT2D eigenvalue weighted by Gasteiger charge is -2.11. The Morgan fingerprint density at radius 1 is 0.676 bits per heavy atom. The van der Waals surface area contributed by atoms with Crippen molar-refractivity contribution in [3.8, 4) is 11.5 Å². The van der Waals surface area contributed by atoms with Gasteiger partial charge in [-0.05, 0) is 30.7 Å². The first-order valence-corrected chi connectivity index (χ1v) is 14.7. The van der Waals surface area contributed by atoms with Gasteiger partial charge in [-0.2, -0.15) is 0 Å². The Morgan fingerprint density at radius 3 is 1.44 bits per heavy atom. The molecule has 0 heterocycles. The summed E-state index contributed by atoms with van der Waals surface area (Å²) in [6, 6.07) is 18.2. The quantitative estimate of drug-likeness (QED) is 0.146. The van der Waals surface area contributed by atoms with Crippen LogP contribution < -0.4 is 9.05 Å². The van der Waals surface area contributed by atoms with Gasteiger partial charge in [-0.1, -0.05) is 108 Å². The maximum Gasteiger partial charge on any atom is 0.469 e. The lowest BCUT2D eigenvalue weighted by molar-refractivity contribution is 0.193. The summed E-state index contributed by atoms with van der Waals surface area (Å²) in [5.41, 5.74) is 0. The van der Waals surface area contributed by atoms with E-state index in [-0.39, 0.29) is 6.61 Å². The van der Waals surface area contributed by atoms with Crippen LogP contribution in [0.1, 0.15) is 77.6 Å². The van der Waals surface area contributed by atoms with E-state index in [4.69, 9.17) is 18.8 Å². The molecule has 0 unspecified atom stereocenters. The minimum atomic E-state index is -4.25. The Hall–Kier alpha value is -1.46. The van der Waals surface area contributed by atoms with Crippen LogP contribution in [-0.4, -0.2) is 21.3 Å². The molecule has 0 spiro atoms. The number of unbranched alkanes of at least 4 members (excludes halogenated alkanes) is 10. The number of phosphoric ester groups is 1. The van der Waals surface area contributed by atoms with Crippen molar-refractivity contribution in [2.24, 2.45) is 0 Å². The van der Waals surface area contributed by atoms with Gasteiger partial charge in [0.1, 0.15) is 11.5 Å². The maximum absolute atomic E-state index is 10.4. The third-order valence-electron chi connectivity index (χ3n) is 4.86. The topological polar surface area (TPSA) is 105 Å². The Morgan fingerprint density at radius 2 is 1.06 bits per heavy atom. The highest BCUT2D eigenvalue weighted by atomic mass is 31.2. The van der Waals surface area contributed by atoms with Crippen LogP contribution in [0.5, 0.6) is 11.5 Å². The largest absolute Gasteiger partial charge is 0.469 e. The predicted octanol–water partition coefficient (Wildman–Crippen LogP) is 7.77. The van der Waals surface area contributed by atoms with Crippen LogP contribution in [0, 0.1) is 0 Å². The highest BCUT2D eigenvalue weighted by molar-refractivity contribution is 7.46. The van der Waals surface area contributed by atoms with E-state index in [0.29, 0.717) is 11.5 Å². The monoisotopic (exact) mass is 514 g/mol. The molecule has 0 radical (unpaired) electrons. The lowest BCUT2D eigenvalue weighted by atomic mass is 10.1. The highest BCUT2D eigenvalue weighted by Crippen LogP contribution is 2.36. The van der Waals surface area contributed by atoms with Gasteiger partial charge in [-0.3, -0.25) is 4.52 Å². The maximum atomic E-state index is 10.4. The number of hydrogen-bond acceptors (Lipinski definition) is 5.